The van der Waals surface area contributed by atoms with Gasteiger partial charge in [0.05, 0.1) is 24.7 Å². The van der Waals surface area contributed by atoms with Gasteiger partial charge < -0.3 is 16.2 Å². The Balaban J connectivity index is 2.44. The third kappa shape index (κ3) is 5.84. The molecule has 7 heteroatoms. The Hall–Kier alpha value is -2.59. The Morgan fingerprint density at radius 3 is 2.15 bits per heavy atom. The number of hydrogen-bond acceptors (Lipinski definition) is 5. The second-order valence-electron chi connectivity index (χ2n) is 4.13. The third-order valence-corrected chi connectivity index (χ3v) is 2.42. The second kappa shape index (κ2) is 7.76. The van der Waals surface area contributed by atoms with Gasteiger partial charge in [-0.05, 0) is 24.3 Å². The monoisotopic (exact) mass is 276 g/mol. The molecule has 0 heterocycles. The first-order valence-electron chi connectivity index (χ1n) is 5.93. The molecule has 0 atom stereocenters. The number of ether oxygens (including phenoxy) is 1. The molecule has 1 aromatic carbocycles. The van der Waals surface area contributed by atoms with Crippen LogP contribution in [0.1, 0.15) is 5.56 Å². The Bertz CT molecular complexity index is 491. The maximum absolute atomic E-state index is 10.9. The molecule has 0 aliphatic carbocycles. The minimum atomic E-state index is -0.537. The fourth-order valence-corrected chi connectivity index (χ4v) is 1.57. The second-order valence-corrected chi connectivity index (χ2v) is 4.13. The average Bonchev–Trinajstić information content (AvgIpc) is 2.38. The van der Waals surface area contributed by atoms with Crippen LogP contribution in [0.25, 0.3) is 0 Å². The van der Waals surface area contributed by atoms with Gasteiger partial charge in [0.1, 0.15) is 12.4 Å². The molecule has 106 valence electrons. The molecule has 0 saturated carbocycles. The van der Waals surface area contributed by atoms with E-state index in [1.807, 2.05) is 6.07 Å². The first-order valence-corrected chi connectivity index (χ1v) is 5.93. The summed E-state index contributed by atoms with van der Waals surface area (Å²) < 4.78 is 5.44. The van der Waals surface area contributed by atoms with Gasteiger partial charge in [0.25, 0.3) is 0 Å². The smallest absolute Gasteiger partial charge is 0.231 e. The van der Waals surface area contributed by atoms with Gasteiger partial charge in [0.2, 0.25) is 11.8 Å². The van der Waals surface area contributed by atoms with Crippen molar-refractivity contribution in [1.82, 2.24) is 4.90 Å². The van der Waals surface area contributed by atoms with Crippen LogP contribution < -0.4 is 16.2 Å². The van der Waals surface area contributed by atoms with Gasteiger partial charge in [0, 0.05) is 6.54 Å². The van der Waals surface area contributed by atoms with Gasteiger partial charge in [0.15, 0.2) is 0 Å². The molecule has 4 N–H and O–H groups in total. The van der Waals surface area contributed by atoms with Crippen molar-refractivity contribution in [1.29, 1.82) is 5.26 Å². The Kier molecular flexibility index (Phi) is 6.00. The zero-order valence-electron chi connectivity index (χ0n) is 10.9. The fraction of sp³-hybridized carbons (Fsp3) is 0.308. The maximum atomic E-state index is 10.9. The van der Waals surface area contributed by atoms with Crippen molar-refractivity contribution in [2.45, 2.75) is 0 Å². The number of hydrogen-bond donors (Lipinski definition) is 2. The molecular formula is C13H16N4O3. The maximum Gasteiger partial charge on any atom is 0.231 e. The van der Waals surface area contributed by atoms with Crippen LogP contribution in [0.4, 0.5) is 0 Å². The quantitative estimate of drug-likeness (QED) is 0.644. The van der Waals surface area contributed by atoms with Crippen LogP contribution in [-0.4, -0.2) is 43.0 Å². The first kappa shape index (κ1) is 15.5. The van der Waals surface area contributed by atoms with E-state index in [4.69, 9.17) is 21.5 Å². The van der Waals surface area contributed by atoms with Crippen molar-refractivity contribution in [3.05, 3.63) is 29.8 Å². The average molecular weight is 276 g/mol. The Morgan fingerprint density at radius 1 is 1.15 bits per heavy atom. The molecule has 0 aliphatic heterocycles. The summed E-state index contributed by atoms with van der Waals surface area (Å²) in [4.78, 5) is 23.2. The van der Waals surface area contributed by atoms with Gasteiger partial charge in [-0.25, -0.2) is 0 Å². The normalized spacial score (nSPS) is 10.0. The molecule has 1 aromatic rings. The van der Waals surface area contributed by atoms with Crippen molar-refractivity contribution in [3.8, 4) is 11.8 Å². The minimum Gasteiger partial charge on any atom is -0.492 e. The van der Waals surface area contributed by atoms with E-state index >= 15 is 0 Å². The number of amides is 2. The van der Waals surface area contributed by atoms with E-state index in [1.165, 1.54) is 4.90 Å². The number of rotatable bonds is 8. The van der Waals surface area contributed by atoms with Gasteiger partial charge in [-0.2, -0.15) is 5.26 Å². The van der Waals surface area contributed by atoms with Crippen molar-refractivity contribution in [2.24, 2.45) is 11.5 Å². The van der Waals surface area contributed by atoms with E-state index in [9.17, 15) is 9.59 Å². The third-order valence-electron chi connectivity index (χ3n) is 2.42. The van der Waals surface area contributed by atoms with Crippen LogP contribution in [0, 0.1) is 11.3 Å². The summed E-state index contributed by atoms with van der Waals surface area (Å²) in [6.45, 7) is 0.498. The van der Waals surface area contributed by atoms with Crippen LogP contribution >= 0.6 is 0 Å². The van der Waals surface area contributed by atoms with E-state index in [0.29, 0.717) is 17.9 Å². The molecule has 0 unspecified atom stereocenters. The van der Waals surface area contributed by atoms with Crippen molar-refractivity contribution < 1.29 is 14.3 Å². The van der Waals surface area contributed by atoms with Crippen molar-refractivity contribution >= 4 is 11.8 Å². The van der Waals surface area contributed by atoms with Crippen LogP contribution in [0.15, 0.2) is 24.3 Å². The molecular weight excluding hydrogens is 260 g/mol. The summed E-state index contributed by atoms with van der Waals surface area (Å²) in [5.74, 6) is -0.476. The predicted molar refractivity (Wildman–Crippen MR) is 71.5 cm³/mol. The minimum absolute atomic E-state index is 0.0559. The highest BCUT2D eigenvalue weighted by Gasteiger charge is 2.11. The van der Waals surface area contributed by atoms with Crippen molar-refractivity contribution in [3.63, 3.8) is 0 Å². The number of carbonyl (C=O) groups is 2. The molecule has 0 aliphatic rings. The number of nitrogens with zero attached hydrogens (tertiary/aromatic N) is 2. The molecule has 0 radical (unpaired) electrons. The number of nitrogens with two attached hydrogens (primary N) is 2. The lowest BCUT2D eigenvalue weighted by molar-refractivity contribution is -0.122. The molecule has 0 saturated heterocycles. The van der Waals surface area contributed by atoms with Gasteiger partial charge in [-0.3, -0.25) is 14.5 Å². The molecule has 0 aromatic heterocycles. The van der Waals surface area contributed by atoms with Gasteiger partial charge in [-0.1, -0.05) is 0 Å². The van der Waals surface area contributed by atoms with E-state index < -0.39 is 11.8 Å². The van der Waals surface area contributed by atoms with Crippen LogP contribution in [0.2, 0.25) is 0 Å². The molecule has 0 bridgehead atoms. The summed E-state index contributed by atoms with van der Waals surface area (Å²) in [7, 11) is 0. The summed E-state index contributed by atoms with van der Waals surface area (Å²) in [6, 6.07) is 8.63. The SMILES string of the molecule is N#Cc1ccc(OCCN(CC(N)=O)CC(N)=O)cc1. The number of carbonyl (C=O) groups excluding carboxylic acids is 2. The van der Waals surface area contributed by atoms with Crippen molar-refractivity contribution in [2.75, 3.05) is 26.2 Å². The summed E-state index contributed by atoms with van der Waals surface area (Å²) in [6.07, 6.45) is 0. The van der Waals surface area contributed by atoms with Crippen LogP contribution in [0.3, 0.4) is 0 Å². The van der Waals surface area contributed by atoms with Gasteiger partial charge >= 0.3 is 0 Å². The number of nitriles is 1. The fourth-order valence-electron chi connectivity index (χ4n) is 1.57. The van der Waals surface area contributed by atoms with E-state index in [1.54, 1.807) is 24.3 Å². The number of benzene rings is 1. The summed E-state index contributed by atoms with van der Waals surface area (Å²) in [5, 5.41) is 8.66. The topological polar surface area (TPSA) is 122 Å². The molecule has 0 fully saturated rings. The Labute approximate surface area is 116 Å². The van der Waals surface area contributed by atoms with Crippen LogP contribution in [0.5, 0.6) is 5.75 Å². The largest absolute Gasteiger partial charge is 0.492 e. The predicted octanol–water partition coefficient (Wildman–Crippen LogP) is -0.790. The van der Waals surface area contributed by atoms with Gasteiger partial charge in [-0.15, -0.1) is 0 Å². The standard InChI is InChI=1S/C13H16N4O3/c14-7-10-1-3-11(4-2-10)20-6-5-17(8-12(15)18)9-13(16)19/h1-4H,5-6,8-9H2,(H2,15,18)(H2,16,19). The lowest BCUT2D eigenvalue weighted by atomic mass is 10.2. The first-order chi connectivity index (χ1) is 9.51. The summed E-state index contributed by atoms with van der Waals surface area (Å²) in [5.41, 5.74) is 10.7. The van der Waals surface area contributed by atoms with Crippen LogP contribution in [-0.2, 0) is 9.59 Å². The highest BCUT2D eigenvalue weighted by Crippen LogP contribution is 2.11. The molecule has 1 rings (SSSR count). The Morgan fingerprint density at radius 2 is 1.70 bits per heavy atom. The molecule has 7 nitrogen and oxygen atoms in total. The highest BCUT2D eigenvalue weighted by molar-refractivity contribution is 5.79. The number of primary amides is 2. The molecule has 2 amide bonds. The zero-order valence-corrected chi connectivity index (χ0v) is 10.9. The molecule has 20 heavy (non-hydrogen) atoms. The summed E-state index contributed by atoms with van der Waals surface area (Å²) >= 11 is 0. The highest BCUT2D eigenvalue weighted by atomic mass is 16.5. The van der Waals surface area contributed by atoms with E-state index in [0.717, 1.165) is 0 Å². The van der Waals surface area contributed by atoms with E-state index in [2.05, 4.69) is 0 Å². The lowest BCUT2D eigenvalue weighted by Gasteiger charge is -2.18. The zero-order chi connectivity index (χ0) is 15.0. The molecule has 0 spiro atoms. The van der Waals surface area contributed by atoms with E-state index in [-0.39, 0.29) is 19.7 Å². The lowest BCUT2D eigenvalue weighted by Crippen LogP contribution is -2.41.